The van der Waals surface area contributed by atoms with Gasteiger partial charge in [0, 0.05) is 0 Å². The Morgan fingerprint density at radius 3 is 1.50 bits per heavy atom. The monoisotopic (exact) mass is 109 g/mol. The fraction of sp³-hybridized carbons (Fsp3) is 0.250. The Bertz CT molecular complexity index is 134. The molecule has 8 heavy (non-hydrogen) atoms. The van der Waals surface area contributed by atoms with Crippen molar-refractivity contribution in [3.05, 3.63) is 36.4 Å². The van der Waals surface area contributed by atoms with Crippen molar-refractivity contribution < 1.29 is 1.37 Å². The quantitative estimate of drug-likeness (QED) is 0.480. The molecule has 0 nitrogen and oxygen atoms in total. The van der Waals surface area contributed by atoms with Gasteiger partial charge < -0.3 is 0 Å². The molecular weight excluding hydrogens is 96.1 g/mol. The average Bonchev–Trinajstić information content (AvgIpc) is 1.94. The highest BCUT2D eigenvalue weighted by molar-refractivity contribution is 4.99. The standard InChI is InChI=1S/C6H6.C2H6/c1-2-4-6-5-3-1;1-2/h1-6H;1-2H3/i1D;. The lowest BCUT2D eigenvalue weighted by molar-refractivity contribution is 1.50. The van der Waals surface area contributed by atoms with E-state index in [1.807, 2.05) is 32.0 Å². The maximum atomic E-state index is 7.00. The van der Waals surface area contributed by atoms with Gasteiger partial charge in [-0.05, 0) is 0 Å². The van der Waals surface area contributed by atoms with E-state index in [4.69, 9.17) is 1.37 Å². The third-order valence-corrected chi connectivity index (χ3v) is 0.607. The van der Waals surface area contributed by atoms with Gasteiger partial charge in [0.2, 0.25) is 0 Å². The van der Waals surface area contributed by atoms with Gasteiger partial charge in [0.15, 0.2) is 0 Å². The first-order valence-electron chi connectivity index (χ1n) is 3.41. The van der Waals surface area contributed by atoms with Gasteiger partial charge in [-0.2, -0.15) is 0 Å². The van der Waals surface area contributed by atoms with Crippen LogP contribution in [0.2, 0.25) is 0 Å². The van der Waals surface area contributed by atoms with Crippen LogP contribution in [-0.4, -0.2) is 0 Å². The highest BCUT2D eigenvalue weighted by Gasteiger charge is 1.57. The molecule has 0 aliphatic heterocycles. The topological polar surface area (TPSA) is 0 Å². The molecule has 1 aromatic carbocycles. The molecule has 0 amide bonds. The molecule has 0 aromatic heterocycles. The molecule has 0 saturated carbocycles. The summed E-state index contributed by atoms with van der Waals surface area (Å²) >= 11 is 0. The van der Waals surface area contributed by atoms with Crippen LogP contribution in [0.3, 0.4) is 0 Å². The first-order valence-corrected chi connectivity index (χ1v) is 2.91. The predicted octanol–water partition coefficient (Wildman–Crippen LogP) is 2.71. The average molecular weight is 109 g/mol. The van der Waals surface area contributed by atoms with Crippen LogP contribution < -0.4 is 0 Å². The summed E-state index contributed by atoms with van der Waals surface area (Å²) in [7, 11) is 0. The van der Waals surface area contributed by atoms with Crippen LogP contribution in [-0.2, 0) is 0 Å². The van der Waals surface area contributed by atoms with Crippen LogP contribution in [0.15, 0.2) is 36.4 Å². The zero-order valence-corrected chi connectivity index (χ0v) is 5.39. The molecule has 0 aliphatic rings. The van der Waals surface area contributed by atoms with Crippen molar-refractivity contribution in [1.82, 2.24) is 0 Å². The van der Waals surface area contributed by atoms with Crippen LogP contribution in [0.25, 0.3) is 0 Å². The first-order chi connectivity index (χ1) is 4.39. The summed E-state index contributed by atoms with van der Waals surface area (Å²) in [6.07, 6.45) is 0. The minimum atomic E-state index is 0.572. The van der Waals surface area contributed by atoms with Gasteiger partial charge in [-0.25, -0.2) is 0 Å². The van der Waals surface area contributed by atoms with E-state index in [9.17, 15) is 0 Å². The van der Waals surface area contributed by atoms with Crippen LogP contribution in [0.1, 0.15) is 15.2 Å². The van der Waals surface area contributed by atoms with Gasteiger partial charge in [-0.1, -0.05) is 50.2 Å². The van der Waals surface area contributed by atoms with Gasteiger partial charge in [-0.15, -0.1) is 0 Å². The predicted molar refractivity (Wildman–Crippen MR) is 37.8 cm³/mol. The van der Waals surface area contributed by atoms with Crippen molar-refractivity contribution in [2.24, 2.45) is 0 Å². The summed E-state index contributed by atoms with van der Waals surface area (Å²) in [6.45, 7) is 4.00. The summed E-state index contributed by atoms with van der Waals surface area (Å²) in [5.41, 5.74) is 0. The van der Waals surface area contributed by atoms with E-state index in [1.165, 1.54) is 0 Å². The van der Waals surface area contributed by atoms with Crippen molar-refractivity contribution in [3.63, 3.8) is 0 Å². The van der Waals surface area contributed by atoms with Gasteiger partial charge >= 0.3 is 0 Å². The highest BCUT2D eigenvalue weighted by Crippen LogP contribution is 1.79. The lowest BCUT2D eigenvalue weighted by Gasteiger charge is -1.69. The molecule has 44 valence electrons. The molecule has 0 heterocycles. The van der Waals surface area contributed by atoms with E-state index in [1.54, 1.807) is 12.1 Å². The number of benzene rings is 1. The summed E-state index contributed by atoms with van der Waals surface area (Å²) in [4.78, 5) is 0. The van der Waals surface area contributed by atoms with Crippen molar-refractivity contribution in [2.75, 3.05) is 0 Å². The molecular formula is C8H12. The molecule has 1 rings (SSSR count). The Balaban J connectivity index is 0.000000291. The third-order valence-electron chi connectivity index (χ3n) is 0.607. The Morgan fingerprint density at radius 2 is 1.25 bits per heavy atom. The Morgan fingerprint density at radius 1 is 0.875 bits per heavy atom. The van der Waals surface area contributed by atoms with Gasteiger partial charge in [0.25, 0.3) is 0 Å². The minimum absolute atomic E-state index is 0.572. The number of hydrogen-bond donors (Lipinski definition) is 0. The number of hydrogen-bond acceptors (Lipinski definition) is 0. The molecule has 0 N–H and O–H groups in total. The van der Waals surface area contributed by atoms with E-state index in [-0.39, 0.29) is 0 Å². The zero-order valence-electron chi connectivity index (χ0n) is 6.39. The molecule has 0 aliphatic carbocycles. The Kier molecular flexibility index (Phi) is 4.17. The summed E-state index contributed by atoms with van der Waals surface area (Å²) in [6, 6.07) is 9.67. The van der Waals surface area contributed by atoms with Crippen LogP contribution in [0.5, 0.6) is 0 Å². The Hall–Kier alpha value is -0.780. The third kappa shape index (κ3) is 3.41. The Labute approximate surface area is 52.6 Å². The smallest absolute Gasteiger partial charge is 0.0623 e. The molecule has 0 atom stereocenters. The maximum absolute atomic E-state index is 7.00. The van der Waals surface area contributed by atoms with E-state index in [0.717, 1.165) is 0 Å². The molecule has 0 fully saturated rings. The summed E-state index contributed by atoms with van der Waals surface area (Å²) < 4.78 is 7.00. The summed E-state index contributed by atoms with van der Waals surface area (Å²) in [5.74, 6) is 0. The fourth-order valence-corrected chi connectivity index (χ4v) is 0.342. The van der Waals surface area contributed by atoms with Gasteiger partial charge in [-0.3, -0.25) is 0 Å². The second-order valence-electron chi connectivity index (χ2n) is 1.08. The van der Waals surface area contributed by atoms with Crippen LogP contribution in [0, 0.1) is 0 Å². The fourth-order valence-electron chi connectivity index (χ4n) is 0.342. The van der Waals surface area contributed by atoms with Crippen molar-refractivity contribution >= 4 is 0 Å². The van der Waals surface area contributed by atoms with E-state index in [0.29, 0.717) is 6.04 Å². The minimum Gasteiger partial charge on any atom is -0.0683 e. The van der Waals surface area contributed by atoms with E-state index < -0.39 is 0 Å². The number of rotatable bonds is 0. The van der Waals surface area contributed by atoms with Crippen LogP contribution >= 0.6 is 0 Å². The molecule has 0 saturated heterocycles. The lowest BCUT2D eigenvalue weighted by Crippen LogP contribution is -1.47. The maximum Gasteiger partial charge on any atom is 0.0623 e. The van der Waals surface area contributed by atoms with E-state index in [2.05, 4.69) is 0 Å². The molecule has 0 spiro atoms. The lowest BCUT2D eigenvalue weighted by atomic mass is 10.4. The second-order valence-corrected chi connectivity index (χ2v) is 1.08. The van der Waals surface area contributed by atoms with Crippen molar-refractivity contribution in [2.45, 2.75) is 13.8 Å². The SMILES string of the molecule is CC.[2H]c1ccccc1. The van der Waals surface area contributed by atoms with Crippen LogP contribution in [0.4, 0.5) is 0 Å². The molecule has 1 aromatic rings. The van der Waals surface area contributed by atoms with Gasteiger partial charge in [0.05, 0.1) is 1.37 Å². The molecule has 0 bridgehead atoms. The van der Waals surface area contributed by atoms with Crippen molar-refractivity contribution in [1.29, 1.82) is 0 Å². The van der Waals surface area contributed by atoms with E-state index >= 15 is 0 Å². The highest BCUT2D eigenvalue weighted by atomic mass is 13.6. The first kappa shape index (κ1) is 5.36. The second kappa shape index (κ2) is 6.22. The summed E-state index contributed by atoms with van der Waals surface area (Å²) in [5, 5.41) is 0. The molecule has 0 unspecified atom stereocenters. The zero-order chi connectivity index (χ0) is 7.11. The van der Waals surface area contributed by atoms with Crippen molar-refractivity contribution in [3.8, 4) is 0 Å². The largest absolute Gasteiger partial charge is 0.0683 e. The normalized spacial score (nSPS) is 8.50. The molecule has 0 radical (unpaired) electrons. The molecule has 0 heteroatoms. The van der Waals surface area contributed by atoms with Gasteiger partial charge in [0.1, 0.15) is 0 Å².